The lowest BCUT2D eigenvalue weighted by Gasteiger charge is -2.39. The largest absolute Gasteiger partial charge is 0.368 e. The highest BCUT2D eigenvalue weighted by atomic mass is 32.2. The Bertz CT molecular complexity index is 1270. The third-order valence-corrected chi connectivity index (χ3v) is 9.55. The summed E-state index contributed by atoms with van der Waals surface area (Å²) in [6.07, 6.45) is 1.63. The van der Waals surface area contributed by atoms with Crippen molar-refractivity contribution in [3.05, 3.63) is 42.2 Å². The molecule has 2 aliphatic heterocycles. The molecule has 4 N–H and O–H groups in total. The molecule has 0 aliphatic carbocycles. The van der Waals surface area contributed by atoms with Gasteiger partial charge in [-0.3, -0.25) is 9.59 Å². The van der Waals surface area contributed by atoms with Crippen LogP contribution in [0.1, 0.15) is 19.3 Å². The van der Waals surface area contributed by atoms with E-state index in [1.807, 2.05) is 0 Å². The van der Waals surface area contributed by atoms with Crippen molar-refractivity contribution in [1.29, 1.82) is 0 Å². The summed E-state index contributed by atoms with van der Waals surface area (Å²) in [7, 11) is -4.17. The number of thiophene rings is 1. The van der Waals surface area contributed by atoms with Crippen LogP contribution < -0.4 is 16.5 Å². The minimum absolute atomic E-state index is 0.0159. The van der Waals surface area contributed by atoms with Gasteiger partial charge in [0.05, 0.1) is 6.54 Å². The zero-order valence-corrected chi connectivity index (χ0v) is 21.9. The number of halogens is 1. The third-order valence-electron chi connectivity index (χ3n) is 6.04. The number of sulfonamides is 1. The van der Waals surface area contributed by atoms with Gasteiger partial charge in [0, 0.05) is 37.5 Å². The summed E-state index contributed by atoms with van der Waals surface area (Å²) in [6, 6.07) is 6.69. The molecule has 0 bridgehead atoms. The van der Waals surface area contributed by atoms with Crippen molar-refractivity contribution >= 4 is 39.2 Å². The lowest BCUT2D eigenvalue weighted by atomic mass is 10.2. The molecular weight excluding hydrogens is 541 g/mol. The van der Waals surface area contributed by atoms with Crippen molar-refractivity contribution in [1.82, 2.24) is 20.0 Å². The second-order valence-electron chi connectivity index (χ2n) is 8.71. The molecule has 1 aromatic carbocycles. The van der Waals surface area contributed by atoms with Crippen molar-refractivity contribution in [3.63, 3.8) is 0 Å². The van der Waals surface area contributed by atoms with E-state index in [0.717, 1.165) is 28.5 Å². The van der Waals surface area contributed by atoms with E-state index in [1.54, 1.807) is 18.2 Å². The van der Waals surface area contributed by atoms with Crippen LogP contribution in [0.2, 0.25) is 0 Å². The monoisotopic (exact) mass is 569 g/mol. The number of carbonyl (C=O) groups excluding carboxylic acids is 3. The predicted octanol–water partition coefficient (Wildman–Crippen LogP) is 0.998. The summed E-state index contributed by atoms with van der Waals surface area (Å²) in [5, 5.41) is 2.34. The maximum absolute atomic E-state index is 13.6. The van der Waals surface area contributed by atoms with Crippen molar-refractivity contribution in [2.45, 2.75) is 35.8 Å². The van der Waals surface area contributed by atoms with Crippen LogP contribution in [0.25, 0.3) is 10.4 Å². The first-order valence-corrected chi connectivity index (χ1v) is 14.2. The quantitative estimate of drug-likeness (QED) is 0.400. The van der Waals surface area contributed by atoms with E-state index >= 15 is 0 Å². The highest BCUT2D eigenvalue weighted by Gasteiger charge is 2.42. The molecule has 38 heavy (non-hydrogen) atoms. The summed E-state index contributed by atoms with van der Waals surface area (Å²) < 4.78 is 47.0. The number of urea groups is 1. The number of nitrogens with one attached hydrogen (secondary N) is 2. The molecule has 2 fully saturated rings. The van der Waals surface area contributed by atoms with Gasteiger partial charge in [0.25, 0.3) is 15.9 Å². The lowest BCUT2D eigenvalue weighted by molar-refractivity contribution is -0.202. The van der Waals surface area contributed by atoms with E-state index in [0.29, 0.717) is 23.5 Å². The molecule has 2 aliphatic rings. The zero-order chi connectivity index (χ0) is 27.3. The second-order valence-corrected chi connectivity index (χ2v) is 11.9. The molecule has 2 saturated heterocycles. The first-order chi connectivity index (χ1) is 18.1. The van der Waals surface area contributed by atoms with Crippen molar-refractivity contribution in [2.75, 3.05) is 32.8 Å². The molecule has 2 aromatic rings. The van der Waals surface area contributed by atoms with Crippen LogP contribution in [0.4, 0.5) is 9.18 Å². The number of nitrogens with zero attached hydrogens (tertiary/aromatic N) is 2. The van der Waals surface area contributed by atoms with Crippen LogP contribution in [0.5, 0.6) is 0 Å². The SMILES string of the molecule is NC(=O)CNC(=O)N1CCN(S(=O)(=O)c2ccc(-c3ccc(F)cc3)s2)[C@@H](C(=O)NOC2CCCCO2)C1. The Hall–Kier alpha value is -3.11. The maximum atomic E-state index is 13.6. The summed E-state index contributed by atoms with van der Waals surface area (Å²) in [5.74, 6) is -1.93. The van der Waals surface area contributed by atoms with Crippen LogP contribution in [0.3, 0.4) is 0 Å². The fraction of sp³-hybridized carbons (Fsp3) is 0.435. The summed E-state index contributed by atoms with van der Waals surface area (Å²) in [6.45, 7) is -0.435. The van der Waals surface area contributed by atoms with Crippen molar-refractivity contribution in [3.8, 4) is 10.4 Å². The van der Waals surface area contributed by atoms with Gasteiger partial charge in [-0.15, -0.1) is 11.3 Å². The zero-order valence-electron chi connectivity index (χ0n) is 20.3. The number of amides is 4. The van der Waals surface area contributed by atoms with Gasteiger partial charge in [-0.25, -0.2) is 27.9 Å². The molecule has 206 valence electrons. The van der Waals surface area contributed by atoms with Crippen molar-refractivity contribution < 1.29 is 36.8 Å². The third kappa shape index (κ3) is 6.66. The van der Waals surface area contributed by atoms with Gasteiger partial charge in [-0.2, -0.15) is 4.31 Å². The number of hydrogen-bond acceptors (Lipinski definition) is 8. The topological polar surface area (TPSA) is 160 Å². The Morgan fingerprint density at radius 2 is 1.89 bits per heavy atom. The number of benzene rings is 1. The number of nitrogens with two attached hydrogens (primary N) is 1. The molecule has 15 heteroatoms. The average Bonchev–Trinajstić information content (AvgIpc) is 3.42. The molecule has 4 rings (SSSR count). The van der Waals surface area contributed by atoms with Crippen LogP contribution in [-0.2, 0) is 29.2 Å². The molecule has 0 radical (unpaired) electrons. The van der Waals surface area contributed by atoms with Gasteiger partial charge in [-0.1, -0.05) is 12.1 Å². The van der Waals surface area contributed by atoms with Gasteiger partial charge < -0.3 is 20.7 Å². The Morgan fingerprint density at radius 1 is 1.13 bits per heavy atom. The second kappa shape index (κ2) is 12.2. The Balaban J connectivity index is 1.54. The molecule has 3 heterocycles. The van der Waals surface area contributed by atoms with Crippen molar-refractivity contribution in [2.24, 2.45) is 5.73 Å². The van der Waals surface area contributed by atoms with Crippen LogP contribution in [0.15, 0.2) is 40.6 Å². The number of hydrogen-bond donors (Lipinski definition) is 3. The minimum atomic E-state index is -4.17. The highest BCUT2D eigenvalue weighted by Crippen LogP contribution is 2.33. The predicted molar refractivity (Wildman–Crippen MR) is 134 cm³/mol. The molecule has 0 saturated carbocycles. The van der Waals surface area contributed by atoms with Crippen LogP contribution >= 0.6 is 11.3 Å². The smallest absolute Gasteiger partial charge is 0.317 e. The number of carbonyl (C=O) groups is 3. The average molecular weight is 570 g/mol. The van der Waals surface area contributed by atoms with Crippen LogP contribution in [0, 0.1) is 5.82 Å². The molecule has 2 atom stereocenters. The first kappa shape index (κ1) is 27.9. The number of ether oxygens (including phenoxy) is 1. The summed E-state index contributed by atoms with van der Waals surface area (Å²) >= 11 is 0.981. The molecule has 12 nitrogen and oxygen atoms in total. The van der Waals surface area contributed by atoms with Crippen LogP contribution in [-0.4, -0.2) is 80.6 Å². The fourth-order valence-electron chi connectivity index (χ4n) is 4.07. The Labute approximate surface area is 222 Å². The maximum Gasteiger partial charge on any atom is 0.317 e. The summed E-state index contributed by atoms with van der Waals surface area (Å²) in [4.78, 5) is 43.9. The molecular formula is C23H28FN5O7S2. The van der Waals surface area contributed by atoms with E-state index in [9.17, 15) is 27.2 Å². The molecule has 0 spiro atoms. The van der Waals surface area contributed by atoms with E-state index in [2.05, 4.69) is 10.8 Å². The van der Waals surface area contributed by atoms with Gasteiger partial charge in [0.15, 0.2) is 6.29 Å². The van der Waals surface area contributed by atoms with Gasteiger partial charge in [0.1, 0.15) is 16.1 Å². The number of rotatable bonds is 8. The lowest BCUT2D eigenvalue weighted by Crippen LogP contribution is -2.62. The highest BCUT2D eigenvalue weighted by molar-refractivity contribution is 7.91. The Morgan fingerprint density at radius 3 is 2.58 bits per heavy atom. The fourth-order valence-corrected chi connectivity index (χ4v) is 7.08. The molecule has 4 amide bonds. The van der Waals surface area contributed by atoms with E-state index < -0.39 is 52.6 Å². The Kier molecular flexibility index (Phi) is 8.94. The van der Waals surface area contributed by atoms with Gasteiger partial charge in [0.2, 0.25) is 5.91 Å². The molecule has 1 unspecified atom stereocenters. The van der Waals surface area contributed by atoms with Gasteiger partial charge in [-0.05, 0) is 42.7 Å². The van der Waals surface area contributed by atoms with Gasteiger partial charge >= 0.3 is 6.03 Å². The molecule has 1 aromatic heterocycles. The number of hydroxylamine groups is 1. The number of piperazine rings is 1. The minimum Gasteiger partial charge on any atom is -0.368 e. The van der Waals surface area contributed by atoms with E-state index in [1.165, 1.54) is 23.1 Å². The van der Waals surface area contributed by atoms with E-state index in [4.69, 9.17) is 15.3 Å². The first-order valence-electron chi connectivity index (χ1n) is 11.9. The van der Waals surface area contributed by atoms with E-state index in [-0.39, 0.29) is 23.8 Å². The standard InChI is InChI=1S/C23H28FN5O7S2/c24-16-6-4-15(5-7-16)18-8-9-21(37-18)38(33,34)29-11-10-28(23(32)26-13-19(25)30)14-17(29)22(31)27-36-20-3-1-2-12-35-20/h4-9,17,20H,1-3,10-14H2,(H2,25,30)(H,26,32)(H,27,31)/t17-,20?/m1/s1. The normalized spacial score (nSPS) is 20.6. The summed E-state index contributed by atoms with van der Waals surface area (Å²) in [5.41, 5.74) is 8.01. The number of primary amides is 1.